The Labute approximate surface area is 128 Å². The van der Waals surface area contributed by atoms with Crippen LogP contribution in [0.1, 0.15) is 57.1 Å². The van der Waals surface area contributed by atoms with Gasteiger partial charge in [-0.25, -0.2) is 0 Å². The van der Waals surface area contributed by atoms with Gasteiger partial charge in [-0.3, -0.25) is 0 Å². The van der Waals surface area contributed by atoms with E-state index in [4.69, 9.17) is 17.3 Å². The molecule has 1 aromatic rings. The Morgan fingerprint density at radius 1 is 1.40 bits per heavy atom. The molecule has 0 radical (unpaired) electrons. The molecule has 2 rings (SSSR count). The third kappa shape index (κ3) is 4.47. The SMILES string of the molecule is CCCC1CCCCN1CCC(N)c1cccc(Cl)c1. The monoisotopic (exact) mass is 294 g/mol. The number of rotatable bonds is 6. The molecule has 0 spiro atoms. The first-order valence-corrected chi connectivity index (χ1v) is 8.33. The topological polar surface area (TPSA) is 29.3 Å². The third-order valence-electron chi connectivity index (χ3n) is 4.38. The zero-order valence-electron chi connectivity index (χ0n) is 12.5. The second kappa shape index (κ2) is 8.02. The van der Waals surface area contributed by atoms with E-state index in [-0.39, 0.29) is 6.04 Å². The van der Waals surface area contributed by atoms with Gasteiger partial charge in [0.05, 0.1) is 0 Å². The van der Waals surface area contributed by atoms with E-state index in [0.29, 0.717) is 0 Å². The molecule has 2 nitrogen and oxygen atoms in total. The Bertz CT molecular complexity index is 406. The van der Waals surface area contributed by atoms with Crippen LogP contribution in [0.5, 0.6) is 0 Å². The van der Waals surface area contributed by atoms with Crippen molar-refractivity contribution < 1.29 is 0 Å². The van der Waals surface area contributed by atoms with Gasteiger partial charge < -0.3 is 10.6 Å². The van der Waals surface area contributed by atoms with Crippen LogP contribution in [0.2, 0.25) is 5.02 Å². The molecule has 3 heteroatoms. The van der Waals surface area contributed by atoms with Crippen LogP contribution in [0, 0.1) is 0 Å². The standard InChI is InChI=1S/C17H27ClN2/c1-2-6-16-9-3-4-11-20(16)12-10-17(19)14-7-5-8-15(18)13-14/h5,7-8,13,16-17H,2-4,6,9-12,19H2,1H3. The van der Waals surface area contributed by atoms with E-state index in [1.165, 1.54) is 38.6 Å². The lowest BCUT2D eigenvalue weighted by Crippen LogP contribution is -2.40. The smallest absolute Gasteiger partial charge is 0.0409 e. The Hall–Kier alpha value is -0.570. The summed E-state index contributed by atoms with van der Waals surface area (Å²) >= 11 is 6.04. The Morgan fingerprint density at radius 3 is 3.00 bits per heavy atom. The van der Waals surface area contributed by atoms with Gasteiger partial charge in [-0.2, -0.15) is 0 Å². The minimum Gasteiger partial charge on any atom is -0.324 e. The van der Waals surface area contributed by atoms with Gasteiger partial charge in [0.25, 0.3) is 0 Å². The Morgan fingerprint density at radius 2 is 2.25 bits per heavy atom. The van der Waals surface area contributed by atoms with Crippen LogP contribution in [0.3, 0.4) is 0 Å². The van der Waals surface area contributed by atoms with Crippen LogP contribution >= 0.6 is 11.6 Å². The van der Waals surface area contributed by atoms with Crippen LogP contribution in [-0.4, -0.2) is 24.0 Å². The van der Waals surface area contributed by atoms with Crippen LogP contribution in [0.4, 0.5) is 0 Å². The van der Waals surface area contributed by atoms with Gasteiger partial charge in [0.2, 0.25) is 0 Å². The number of halogens is 1. The molecule has 2 atom stereocenters. The molecule has 1 saturated heterocycles. The van der Waals surface area contributed by atoms with Crippen molar-refractivity contribution >= 4 is 11.6 Å². The molecule has 1 aliphatic rings. The summed E-state index contributed by atoms with van der Waals surface area (Å²) in [6.45, 7) is 4.63. The minimum atomic E-state index is 0.0953. The summed E-state index contributed by atoms with van der Waals surface area (Å²) in [6.07, 6.45) is 7.71. The van der Waals surface area contributed by atoms with Crippen molar-refractivity contribution in [3.63, 3.8) is 0 Å². The van der Waals surface area contributed by atoms with Crippen LogP contribution in [-0.2, 0) is 0 Å². The number of nitrogens with two attached hydrogens (primary N) is 1. The first kappa shape index (κ1) is 15.8. The highest BCUT2D eigenvalue weighted by Crippen LogP contribution is 2.23. The molecule has 0 bridgehead atoms. The predicted octanol–water partition coefficient (Wildman–Crippen LogP) is 4.38. The van der Waals surface area contributed by atoms with Crippen molar-refractivity contribution in [2.45, 2.75) is 57.5 Å². The summed E-state index contributed by atoms with van der Waals surface area (Å²) in [5, 5.41) is 0.778. The molecule has 112 valence electrons. The quantitative estimate of drug-likeness (QED) is 0.843. The molecule has 0 aromatic heterocycles. The average Bonchev–Trinajstić information content (AvgIpc) is 2.46. The first-order valence-electron chi connectivity index (χ1n) is 7.95. The number of piperidine rings is 1. The van der Waals surface area contributed by atoms with Crippen LogP contribution in [0.15, 0.2) is 24.3 Å². The lowest BCUT2D eigenvalue weighted by atomic mass is 9.97. The van der Waals surface area contributed by atoms with Gasteiger partial charge in [0.1, 0.15) is 0 Å². The Balaban J connectivity index is 1.86. The first-order chi connectivity index (χ1) is 9.70. The van der Waals surface area contributed by atoms with Crippen LogP contribution < -0.4 is 5.73 Å². The normalized spacial score (nSPS) is 21.9. The molecule has 0 saturated carbocycles. The molecule has 20 heavy (non-hydrogen) atoms. The average molecular weight is 295 g/mol. The van der Waals surface area contributed by atoms with Crippen molar-refractivity contribution in [2.24, 2.45) is 5.73 Å². The number of nitrogens with zero attached hydrogens (tertiary/aromatic N) is 1. The summed E-state index contributed by atoms with van der Waals surface area (Å²) < 4.78 is 0. The second-order valence-electron chi connectivity index (χ2n) is 5.92. The number of likely N-dealkylation sites (tertiary alicyclic amines) is 1. The molecule has 2 N–H and O–H groups in total. The summed E-state index contributed by atoms with van der Waals surface area (Å²) in [4.78, 5) is 2.65. The van der Waals surface area contributed by atoms with Gasteiger partial charge in [-0.15, -0.1) is 0 Å². The van der Waals surface area contributed by atoms with Gasteiger partial charge in [0, 0.05) is 23.7 Å². The molecule has 0 amide bonds. The fourth-order valence-corrected chi connectivity index (χ4v) is 3.42. The van der Waals surface area contributed by atoms with Crippen molar-refractivity contribution in [2.75, 3.05) is 13.1 Å². The molecule has 0 aliphatic carbocycles. The van der Waals surface area contributed by atoms with Crippen molar-refractivity contribution in [1.29, 1.82) is 0 Å². The fraction of sp³-hybridized carbons (Fsp3) is 0.647. The van der Waals surface area contributed by atoms with Crippen LogP contribution in [0.25, 0.3) is 0 Å². The maximum atomic E-state index is 6.32. The lowest BCUT2D eigenvalue weighted by Gasteiger charge is -2.36. The van der Waals surface area contributed by atoms with E-state index in [2.05, 4.69) is 17.9 Å². The van der Waals surface area contributed by atoms with E-state index >= 15 is 0 Å². The van der Waals surface area contributed by atoms with E-state index in [9.17, 15) is 0 Å². The summed E-state index contributed by atoms with van der Waals surface area (Å²) in [7, 11) is 0. The molecular weight excluding hydrogens is 268 g/mol. The predicted molar refractivity (Wildman–Crippen MR) is 87.1 cm³/mol. The zero-order chi connectivity index (χ0) is 14.4. The number of hydrogen-bond acceptors (Lipinski definition) is 2. The van der Waals surface area contributed by atoms with E-state index in [0.717, 1.165) is 29.6 Å². The van der Waals surface area contributed by atoms with E-state index in [1.54, 1.807) is 0 Å². The van der Waals surface area contributed by atoms with E-state index < -0.39 is 0 Å². The second-order valence-corrected chi connectivity index (χ2v) is 6.36. The number of benzene rings is 1. The lowest BCUT2D eigenvalue weighted by molar-refractivity contribution is 0.135. The summed E-state index contributed by atoms with van der Waals surface area (Å²) in [6, 6.07) is 8.83. The minimum absolute atomic E-state index is 0.0953. The molecule has 1 fully saturated rings. The largest absolute Gasteiger partial charge is 0.324 e. The maximum Gasteiger partial charge on any atom is 0.0409 e. The maximum absolute atomic E-state index is 6.32. The van der Waals surface area contributed by atoms with Gasteiger partial charge >= 0.3 is 0 Å². The molecule has 1 heterocycles. The van der Waals surface area contributed by atoms with E-state index in [1.807, 2.05) is 18.2 Å². The summed E-state index contributed by atoms with van der Waals surface area (Å²) in [5.74, 6) is 0. The zero-order valence-corrected chi connectivity index (χ0v) is 13.3. The fourth-order valence-electron chi connectivity index (χ4n) is 3.22. The highest BCUT2D eigenvalue weighted by molar-refractivity contribution is 6.30. The van der Waals surface area contributed by atoms with Gasteiger partial charge in [0.15, 0.2) is 0 Å². The summed E-state index contributed by atoms with van der Waals surface area (Å²) in [5.41, 5.74) is 7.47. The number of hydrogen-bond donors (Lipinski definition) is 1. The Kier molecular flexibility index (Phi) is 6.34. The van der Waals surface area contributed by atoms with Crippen molar-refractivity contribution in [3.8, 4) is 0 Å². The van der Waals surface area contributed by atoms with Crippen molar-refractivity contribution in [1.82, 2.24) is 4.90 Å². The molecule has 1 aliphatic heterocycles. The van der Waals surface area contributed by atoms with Crippen molar-refractivity contribution in [3.05, 3.63) is 34.9 Å². The highest BCUT2D eigenvalue weighted by Gasteiger charge is 2.21. The molecule has 2 unspecified atom stereocenters. The molecular formula is C17H27ClN2. The van der Waals surface area contributed by atoms with Gasteiger partial charge in [-0.1, -0.05) is 43.5 Å². The highest BCUT2D eigenvalue weighted by atomic mass is 35.5. The third-order valence-corrected chi connectivity index (χ3v) is 4.61. The van der Waals surface area contributed by atoms with Gasteiger partial charge in [-0.05, 0) is 49.9 Å². The molecule has 1 aromatic carbocycles.